The highest BCUT2D eigenvalue weighted by Gasteiger charge is 2.50. The van der Waals surface area contributed by atoms with Gasteiger partial charge in [0.05, 0.1) is 5.75 Å². The van der Waals surface area contributed by atoms with E-state index >= 15 is 0 Å². The Labute approximate surface area is 157 Å². The van der Waals surface area contributed by atoms with Crippen LogP contribution in [0.3, 0.4) is 0 Å². The van der Waals surface area contributed by atoms with Crippen molar-refractivity contribution in [3.05, 3.63) is 60.7 Å². The van der Waals surface area contributed by atoms with Crippen molar-refractivity contribution in [2.24, 2.45) is 4.03 Å². The predicted molar refractivity (Wildman–Crippen MR) is 110 cm³/mol. The summed E-state index contributed by atoms with van der Waals surface area (Å²) in [5.74, 6) is 0.256. The van der Waals surface area contributed by atoms with E-state index in [9.17, 15) is 9.00 Å². The van der Waals surface area contributed by atoms with Gasteiger partial charge in [-0.1, -0.05) is 81.4 Å². The summed E-state index contributed by atoms with van der Waals surface area (Å²) in [5.41, 5.74) is 0. The second-order valence-electron chi connectivity index (χ2n) is 7.76. The van der Waals surface area contributed by atoms with Crippen molar-refractivity contribution < 1.29 is 9.00 Å². The molecule has 1 fully saturated rings. The van der Waals surface area contributed by atoms with Crippen molar-refractivity contribution in [2.45, 2.75) is 38.7 Å². The molecule has 1 heterocycles. The second kappa shape index (κ2) is 7.00. The lowest BCUT2D eigenvalue weighted by molar-refractivity contribution is -0.119. The van der Waals surface area contributed by atoms with Crippen molar-refractivity contribution >= 4 is 34.4 Å². The largest absolute Gasteiger partial charge is 0.274 e. The van der Waals surface area contributed by atoms with Gasteiger partial charge in [0.1, 0.15) is 9.92 Å². The van der Waals surface area contributed by atoms with Gasteiger partial charge in [-0.3, -0.25) is 9.52 Å². The molecule has 1 atom stereocenters. The van der Waals surface area contributed by atoms with Crippen LogP contribution >= 0.6 is 0 Å². The average molecular weight is 387 g/mol. The Morgan fingerprint density at radius 3 is 1.88 bits per heavy atom. The summed E-state index contributed by atoms with van der Waals surface area (Å²) >= 11 is 0. The first-order valence-corrected chi connectivity index (χ1v) is 12.6. The van der Waals surface area contributed by atoms with Gasteiger partial charge in [-0.15, -0.1) is 0 Å². The van der Waals surface area contributed by atoms with Gasteiger partial charge in [-0.25, -0.2) is 8.24 Å². The molecule has 0 aliphatic carbocycles. The van der Waals surface area contributed by atoms with Gasteiger partial charge in [0.2, 0.25) is 5.91 Å². The lowest BCUT2D eigenvalue weighted by Gasteiger charge is -2.40. The molecule has 1 N–H and O–H groups in total. The number of amides is 1. The Kier molecular flexibility index (Phi) is 5.08. The van der Waals surface area contributed by atoms with Crippen LogP contribution in [0, 0.1) is 0 Å². The maximum Gasteiger partial charge on any atom is 0.262 e. The third-order valence-corrected chi connectivity index (χ3v) is 13.0. The summed E-state index contributed by atoms with van der Waals surface area (Å²) < 4.78 is 21.4. The number of benzene rings is 2. The minimum absolute atomic E-state index is 0.164. The number of carbonyl (C=O) groups is 1. The highest BCUT2D eigenvalue weighted by atomic mass is 32.2. The molecule has 0 aromatic heterocycles. The quantitative estimate of drug-likeness (QED) is 0.825. The summed E-state index contributed by atoms with van der Waals surface area (Å²) in [4.78, 5) is 12.0. The first-order valence-electron chi connectivity index (χ1n) is 8.94. The fourth-order valence-corrected chi connectivity index (χ4v) is 12.4. The second-order valence-corrected chi connectivity index (χ2v) is 14.5. The first kappa shape index (κ1) is 18.9. The summed E-state index contributed by atoms with van der Waals surface area (Å²) in [6, 6.07) is 20.3. The Hall–Kier alpha value is -1.92. The molecule has 1 amide bonds. The molecule has 0 bridgehead atoms. The van der Waals surface area contributed by atoms with Gasteiger partial charge < -0.3 is 0 Å². The van der Waals surface area contributed by atoms with Crippen molar-refractivity contribution in [1.29, 1.82) is 0 Å². The summed E-state index contributed by atoms with van der Waals surface area (Å²) in [5, 5.41) is 2.00. The maximum atomic E-state index is 13.6. The molecule has 3 rings (SSSR count). The van der Waals surface area contributed by atoms with Crippen LogP contribution in [0.2, 0.25) is 5.04 Å². The molecular weight excluding hydrogens is 360 g/mol. The van der Waals surface area contributed by atoms with Crippen LogP contribution in [-0.2, 0) is 14.7 Å². The number of nitrogens with zero attached hydrogens (tertiary/aromatic N) is 1. The predicted octanol–water partition coefficient (Wildman–Crippen LogP) is 2.84. The van der Waals surface area contributed by atoms with E-state index in [0.717, 1.165) is 10.4 Å². The Morgan fingerprint density at radius 1 is 0.962 bits per heavy atom. The lowest BCUT2D eigenvalue weighted by Crippen LogP contribution is -2.64. The van der Waals surface area contributed by atoms with Gasteiger partial charge in [-0.2, -0.15) is 0 Å². The van der Waals surface area contributed by atoms with Gasteiger partial charge >= 0.3 is 0 Å². The Balaban J connectivity index is 2.35. The number of hydrogen-bond donors (Lipinski definition) is 1. The van der Waals surface area contributed by atoms with Crippen LogP contribution in [0.25, 0.3) is 0 Å². The molecule has 6 heteroatoms. The van der Waals surface area contributed by atoms with Crippen LogP contribution in [0.4, 0.5) is 0 Å². The molecule has 1 aliphatic heterocycles. The molecule has 1 aliphatic rings. The maximum absolute atomic E-state index is 13.6. The third-order valence-electron chi connectivity index (χ3n) is 4.85. The molecule has 2 aromatic carbocycles. The van der Waals surface area contributed by atoms with Crippen LogP contribution in [-0.4, -0.2) is 24.1 Å². The highest BCUT2D eigenvalue weighted by molar-refractivity contribution is 7.93. The van der Waals surface area contributed by atoms with E-state index < -0.39 is 18.2 Å². The monoisotopic (exact) mass is 386 g/mol. The van der Waals surface area contributed by atoms with Gasteiger partial charge in [0, 0.05) is 6.42 Å². The molecule has 0 spiro atoms. The zero-order valence-electron chi connectivity index (χ0n) is 15.6. The zero-order valence-corrected chi connectivity index (χ0v) is 17.4. The third kappa shape index (κ3) is 3.48. The molecular formula is C20H26N2O2SSi. The number of carbonyl (C=O) groups excluding carboxylic acids is 1. The topological polar surface area (TPSA) is 58.5 Å². The Morgan fingerprint density at radius 2 is 1.46 bits per heavy atom. The van der Waals surface area contributed by atoms with E-state index in [4.69, 9.17) is 4.03 Å². The zero-order chi connectivity index (χ0) is 18.8. The lowest BCUT2D eigenvalue weighted by atomic mass is 10.2. The Bertz CT molecular complexity index is 859. The van der Waals surface area contributed by atoms with Gasteiger partial charge in [0.25, 0.3) is 8.24 Å². The smallest absolute Gasteiger partial charge is 0.262 e. The van der Waals surface area contributed by atoms with E-state index in [1.165, 1.54) is 0 Å². The molecule has 0 radical (unpaired) electrons. The number of hydrogen-bond acceptors (Lipinski definition) is 3. The van der Waals surface area contributed by atoms with E-state index in [-0.39, 0.29) is 10.9 Å². The highest BCUT2D eigenvalue weighted by Crippen LogP contribution is 2.37. The van der Waals surface area contributed by atoms with E-state index in [1.807, 2.05) is 36.4 Å². The van der Waals surface area contributed by atoms with Gasteiger partial charge in [-0.05, 0) is 21.8 Å². The van der Waals surface area contributed by atoms with Crippen LogP contribution in [0.15, 0.2) is 64.7 Å². The van der Waals surface area contributed by atoms with E-state index in [2.05, 4.69) is 49.8 Å². The summed E-state index contributed by atoms with van der Waals surface area (Å²) in [6.45, 7) is 6.49. The van der Waals surface area contributed by atoms with Crippen LogP contribution < -0.4 is 15.1 Å². The molecule has 0 saturated carbocycles. The SMILES string of the molecule is CC(C)(C)[Si](N=S1(=O)CCCC(=O)N1)(c1ccccc1)c1ccccc1. The summed E-state index contributed by atoms with van der Waals surface area (Å²) in [6.07, 6.45) is 1.04. The van der Waals surface area contributed by atoms with E-state index in [0.29, 0.717) is 18.6 Å². The number of nitrogens with one attached hydrogen (secondary N) is 1. The van der Waals surface area contributed by atoms with Crippen molar-refractivity contribution in [1.82, 2.24) is 4.72 Å². The van der Waals surface area contributed by atoms with Crippen molar-refractivity contribution in [3.63, 3.8) is 0 Å². The molecule has 138 valence electrons. The molecule has 2 aromatic rings. The van der Waals surface area contributed by atoms with Gasteiger partial charge in [0.15, 0.2) is 0 Å². The first-order chi connectivity index (χ1) is 12.3. The van der Waals surface area contributed by atoms with Crippen LogP contribution in [0.1, 0.15) is 33.6 Å². The van der Waals surface area contributed by atoms with Crippen molar-refractivity contribution in [3.8, 4) is 0 Å². The standard InChI is InChI=1S/C20H26N2O2SSi/c1-20(2,3)26(17-11-6-4-7-12-17,18-13-8-5-9-14-18)22-25(24)16-10-15-19(23)21-25/h4-9,11-14H,10,15-16H2,1-3H3,(H,21,22,23,24). The van der Waals surface area contributed by atoms with Crippen LogP contribution in [0.5, 0.6) is 0 Å². The normalized spacial score (nSPS) is 21.1. The average Bonchev–Trinajstić information content (AvgIpc) is 2.60. The molecule has 1 saturated heterocycles. The molecule has 26 heavy (non-hydrogen) atoms. The summed E-state index contributed by atoms with van der Waals surface area (Å²) in [7, 11) is -5.59. The minimum atomic E-state index is -2.80. The fraction of sp³-hybridized carbons (Fsp3) is 0.350. The number of rotatable bonds is 3. The molecule has 1 unspecified atom stereocenters. The van der Waals surface area contributed by atoms with E-state index in [1.54, 1.807) is 0 Å². The van der Waals surface area contributed by atoms with Crippen molar-refractivity contribution in [2.75, 3.05) is 5.75 Å². The fourth-order valence-electron chi connectivity index (χ4n) is 3.63. The minimum Gasteiger partial charge on any atom is -0.274 e. The molecule has 4 nitrogen and oxygen atoms in total.